The van der Waals surface area contributed by atoms with Crippen LogP contribution in [0.25, 0.3) is 0 Å². The molecule has 0 aromatic carbocycles. The van der Waals surface area contributed by atoms with Gasteiger partial charge in [0, 0.05) is 25.5 Å². The van der Waals surface area contributed by atoms with Crippen LogP contribution in [0.4, 0.5) is 0 Å². The first-order valence-corrected chi connectivity index (χ1v) is 7.42. The molecule has 1 aromatic heterocycles. The highest BCUT2D eigenvalue weighted by Gasteiger charge is 2.34. The first kappa shape index (κ1) is 14.6. The van der Waals surface area contributed by atoms with Crippen molar-refractivity contribution in [1.82, 2.24) is 9.47 Å². The van der Waals surface area contributed by atoms with Crippen LogP contribution in [0, 0.1) is 16.7 Å². The molecule has 1 atom stereocenters. The summed E-state index contributed by atoms with van der Waals surface area (Å²) < 4.78 is 2.00. The number of piperidine rings is 1. The van der Waals surface area contributed by atoms with E-state index in [1.165, 1.54) is 0 Å². The number of nitrogens with zero attached hydrogens (tertiary/aromatic N) is 3. The Hall–Kier alpha value is -1.76. The van der Waals surface area contributed by atoms with Crippen molar-refractivity contribution < 1.29 is 4.79 Å². The van der Waals surface area contributed by atoms with Crippen LogP contribution in [0.3, 0.4) is 0 Å². The van der Waals surface area contributed by atoms with E-state index in [9.17, 15) is 4.79 Å². The molecule has 2 heterocycles. The number of rotatable bonds is 4. The summed E-state index contributed by atoms with van der Waals surface area (Å²) in [5, 5.41) is 9.16. The molecule has 0 spiro atoms. The SMILES string of the molecule is CCC[C@H](C(=O)N1CCC(C)(C#N)CC1)n1cccc1. The van der Waals surface area contributed by atoms with E-state index < -0.39 is 0 Å². The maximum Gasteiger partial charge on any atom is 0.245 e. The topological polar surface area (TPSA) is 49.0 Å². The Balaban J connectivity index is 2.05. The second kappa shape index (κ2) is 6.13. The third-order valence-electron chi connectivity index (χ3n) is 4.28. The molecule has 1 aromatic rings. The van der Waals surface area contributed by atoms with Gasteiger partial charge in [0.2, 0.25) is 5.91 Å². The number of nitriles is 1. The van der Waals surface area contributed by atoms with Crippen LogP contribution in [0.5, 0.6) is 0 Å². The zero-order chi connectivity index (χ0) is 14.6. The summed E-state index contributed by atoms with van der Waals surface area (Å²) in [5.74, 6) is 0.197. The van der Waals surface area contributed by atoms with Crippen molar-refractivity contribution in [2.75, 3.05) is 13.1 Å². The van der Waals surface area contributed by atoms with Gasteiger partial charge >= 0.3 is 0 Å². The number of hydrogen-bond acceptors (Lipinski definition) is 2. The zero-order valence-electron chi connectivity index (χ0n) is 12.4. The lowest BCUT2D eigenvalue weighted by Gasteiger charge is -2.37. The minimum atomic E-state index is -0.259. The van der Waals surface area contributed by atoms with Crippen molar-refractivity contribution >= 4 is 5.91 Å². The Morgan fingerprint density at radius 3 is 2.45 bits per heavy atom. The normalized spacial score (nSPS) is 19.4. The Bertz CT molecular complexity index is 478. The van der Waals surface area contributed by atoms with Crippen LogP contribution in [-0.4, -0.2) is 28.5 Å². The van der Waals surface area contributed by atoms with Crippen molar-refractivity contribution in [3.63, 3.8) is 0 Å². The van der Waals surface area contributed by atoms with Gasteiger partial charge in [-0.2, -0.15) is 5.26 Å². The van der Waals surface area contributed by atoms with Gasteiger partial charge in [0.1, 0.15) is 6.04 Å². The molecule has 20 heavy (non-hydrogen) atoms. The molecule has 1 aliphatic rings. The quantitative estimate of drug-likeness (QED) is 0.846. The van der Waals surface area contributed by atoms with Crippen LogP contribution >= 0.6 is 0 Å². The van der Waals surface area contributed by atoms with E-state index in [-0.39, 0.29) is 17.4 Å². The Morgan fingerprint density at radius 1 is 1.35 bits per heavy atom. The fraction of sp³-hybridized carbons (Fsp3) is 0.625. The summed E-state index contributed by atoms with van der Waals surface area (Å²) >= 11 is 0. The van der Waals surface area contributed by atoms with Gasteiger partial charge in [0.15, 0.2) is 0 Å². The molecule has 0 bridgehead atoms. The number of hydrogen-bond donors (Lipinski definition) is 0. The number of likely N-dealkylation sites (tertiary alicyclic amines) is 1. The Labute approximate surface area is 121 Å². The van der Waals surface area contributed by atoms with Crippen molar-refractivity contribution in [2.24, 2.45) is 5.41 Å². The molecule has 1 amide bonds. The zero-order valence-corrected chi connectivity index (χ0v) is 12.4. The van der Waals surface area contributed by atoms with E-state index in [2.05, 4.69) is 13.0 Å². The van der Waals surface area contributed by atoms with E-state index >= 15 is 0 Å². The molecule has 0 saturated carbocycles. The van der Waals surface area contributed by atoms with Crippen LogP contribution in [-0.2, 0) is 4.79 Å². The van der Waals surface area contributed by atoms with E-state index in [0.717, 1.165) is 25.7 Å². The third-order valence-corrected chi connectivity index (χ3v) is 4.28. The standard InChI is InChI=1S/C16H23N3O/c1-3-6-14(18-9-4-5-10-18)15(20)19-11-7-16(2,13-17)8-12-19/h4-5,9-10,14H,3,6-8,11-12H2,1-2H3/t14-/m1/s1. The molecule has 0 aliphatic carbocycles. The maximum atomic E-state index is 12.7. The van der Waals surface area contributed by atoms with Crippen LogP contribution < -0.4 is 0 Å². The molecular formula is C16H23N3O. The van der Waals surface area contributed by atoms with Gasteiger partial charge in [-0.25, -0.2) is 0 Å². The predicted molar refractivity (Wildman–Crippen MR) is 77.9 cm³/mol. The highest BCUT2D eigenvalue weighted by atomic mass is 16.2. The molecule has 1 saturated heterocycles. The summed E-state index contributed by atoms with van der Waals surface area (Å²) in [6.07, 6.45) is 7.32. The summed E-state index contributed by atoms with van der Waals surface area (Å²) in [4.78, 5) is 14.6. The minimum Gasteiger partial charge on any atom is -0.342 e. The Kier molecular flexibility index (Phi) is 4.49. The molecule has 4 nitrogen and oxygen atoms in total. The average Bonchev–Trinajstić information content (AvgIpc) is 2.99. The molecular weight excluding hydrogens is 250 g/mol. The summed E-state index contributed by atoms with van der Waals surface area (Å²) in [6, 6.07) is 6.20. The molecule has 0 N–H and O–H groups in total. The molecule has 4 heteroatoms. The second-order valence-corrected chi connectivity index (χ2v) is 5.93. The number of amides is 1. The maximum absolute atomic E-state index is 12.7. The van der Waals surface area contributed by atoms with Gasteiger partial charge in [-0.1, -0.05) is 13.3 Å². The van der Waals surface area contributed by atoms with Crippen LogP contribution in [0.1, 0.15) is 45.6 Å². The minimum absolute atomic E-state index is 0.0959. The van der Waals surface area contributed by atoms with Gasteiger partial charge in [0.25, 0.3) is 0 Å². The van der Waals surface area contributed by atoms with E-state index in [1.807, 2.05) is 40.9 Å². The molecule has 2 rings (SSSR count). The van der Waals surface area contributed by atoms with Gasteiger partial charge < -0.3 is 9.47 Å². The van der Waals surface area contributed by atoms with Crippen LogP contribution in [0.2, 0.25) is 0 Å². The van der Waals surface area contributed by atoms with Gasteiger partial charge in [-0.05, 0) is 38.3 Å². The third kappa shape index (κ3) is 3.04. The van der Waals surface area contributed by atoms with Crippen molar-refractivity contribution in [2.45, 2.75) is 45.6 Å². The van der Waals surface area contributed by atoms with Crippen molar-refractivity contribution in [3.05, 3.63) is 24.5 Å². The molecule has 0 unspecified atom stereocenters. The monoisotopic (exact) mass is 273 g/mol. The molecule has 108 valence electrons. The largest absolute Gasteiger partial charge is 0.342 e. The summed E-state index contributed by atoms with van der Waals surface area (Å²) in [5.41, 5.74) is -0.259. The van der Waals surface area contributed by atoms with Crippen molar-refractivity contribution in [1.29, 1.82) is 5.26 Å². The highest BCUT2D eigenvalue weighted by Crippen LogP contribution is 2.31. The van der Waals surface area contributed by atoms with Crippen molar-refractivity contribution in [3.8, 4) is 6.07 Å². The lowest BCUT2D eigenvalue weighted by molar-refractivity contribution is -0.136. The highest BCUT2D eigenvalue weighted by molar-refractivity contribution is 5.80. The smallest absolute Gasteiger partial charge is 0.245 e. The lowest BCUT2D eigenvalue weighted by Crippen LogP contribution is -2.44. The number of carbonyl (C=O) groups excluding carboxylic acids is 1. The summed E-state index contributed by atoms with van der Waals surface area (Å²) in [7, 11) is 0. The Morgan fingerprint density at radius 2 is 1.95 bits per heavy atom. The summed E-state index contributed by atoms with van der Waals surface area (Å²) in [6.45, 7) is 5.49. The van der Waals surface area contributed by atoms with Gasteiger partial charge in [-0.3, -0.25) is 4.79 Å². The van der Waals surface area contributed by atoms with Gasteiger partial charge in [-0.15, -0.1) is 0 Å². The molecule has 1 aliphatic heterocycles. The van der Waals surface area contributed by atoms with Gasteiger partial charge in [0.05, 0.1) is 11.5 Å². The first-order valence-electron chi connectivity index (χ1n) is 7.42. The van der Waals surface area contributed by atoms with E-state index in [4.69, 9.17) is 5.26 Å². The van der Waals surface area contributed by atoms with E-state index in [1.54, 1.807) is 0 Å². The first-order chi connectivity index (χ1) is 9.59. The predicted octanol–water partition coefficient (Wildman–Crippen LogP) is 2.98. The lowest BCUT2D eigenvalue weighted by atomic mass is 9.82. The molecule has 0 radical (unpaired) electrons. The molecule has 1 fully saturated rings. The van der Waals surface area contributed by atoms with Crippen LogP contribution in [0.15, 0.2) is 24.5 Å². The average molecular weight is 273 g/mol. The number of carbonyl (C=O) groups is 1. The van der Waals surface area contributed by atoms with E-state index in [0.29, 0.717) is 13.1 Å². The fourth-order valence-electron chi connectivity index (χ4n) is 2.77. The second-order valence-electron chi connectivity index (χ2n) is 5.93. The number of aromatic nitrogens is 1. The fourth-order valence-corrected chi connectivity index (χ4v) is 2.77.